The number of fused-ring (bicyclic) bond motifs is 3. The molecule has 0 aromatic heterocycles. The lowest BCUT2D eigenvalue weighted by molar-refractivity contribution is -0.213. The predicted molar refractivity (Wildman–Crippen MR) is 211 cm³/mol. The van der Waals surface area contributed by atoms with Gasteiger partial charge in [0.25, 0.3) is 0 Å². The quantitative estimate of drug-likeness (QED) is 0.142. The summed E-state index contributed by atoms with van der Waals surface area (Å²) in [5, 5.41) is 0. The first kappa shape index (κ1) is 42.7. The second-order valence-corrected chi connectivity index (χ2v) is 30.6. The van der Waals surface area contributed by atoms with Crippen molar-refractivity contribution in [2.45, 2.75) is 204 Å². The fraction of sp³-hybridized carbons (Fsp3) is 0.800. The van der Waals surface area contributed by atoms with E-state index in [1.165, 1.54) is 6.92 Å². The van der Waals surface area contributed by atoms with Crippen LogP contribution in [0.1, 0.15) is 127 Å². The van der Waals surface area contributed by atoms with Gasteiger partial charge in [-0.15, -0.1) is 0 Å². The summed E-state index contributed by atoms with van der Waals surface area (Å²) < 4.78 is 57.2. The van der Waals surface area contributed by atoms with Gasteiger partial charge in [0.15, 0.2) is 20.2 Å². The molecule has 2 aliphatic carbocycles. The van der Waals surface area contributed by atoms with Gasteiger partial charge in [0.2, 0.25) is 6.10 Å². The van der Waals surface area contributed by atoms with Crippen LogP contribution in [-0.2, 0) is 45.9 Å². The van der Waals surface area contributed by atoms with Crippen LogP contribution in [0.3, 0.4) is 0 Å². The molecule has 7 atom stereocenters. The maximum absolute atomic E-state index is 14.6. The Kier molecular flexibility index (Phi) is 13.7. The highest BCUT2D eigenvalue weighted by molar-refractivity contribution is 6.84. The Hall–Kier alpha value is -1.43. The maximum Gasteiger partial charge on any atom is 0.352 e. The molecule has 2 heterocycles. The SMILES string of the molecule is CC[Si](CC)(CC)O[C@@H]1[C@@H](OC(=O)[C@@H](OC(C)=O)c2ccccc2)[C@@H]2OC3(CCCCC3)O[C@@H]2[C@@H]2O[Si](C(C)C)(C(C)C)O[Si](C(C)C)(C(C)C)O[C@@H]12. The molecule has 2 aliphatic heterocycles. The Morgan fingerprint density at radius 2 is 1.25 bits per heavy atom. The third-order valence-electron chi connectivity index (χ3n) is 12.6. The first-order valence-electron chi connectivity index (χ1n) is 20.5. The van der Waals surface area contributed by atoms with E-state index in [1.807, 2.05) is 18.2 Å². The standard InChI is InChI=1S/C40H68O10Si3/c1-13-51(14-2,15-3)47-36-33(44-39(42)32(43-30(12)41)31-22-18-16-19-23-31)34-35(46-40(45-34)24-20-17-21-25-40)37-38(36)49-53(28(8)9,29(10)11)50-52(48-37,26(4)5)27(6)7/h16,18-19,22-23,26-29,32-38H,13-15,17,20-21,24-25H2,1-12H3/t32-,33-,34-,35-,36+,37-,38-/m0/s1. The molecule has 2 saturated heterocycles. The molecule has 1 aromatic carbocycles. The average molecular weight is 793 g/mol. The van der Waals surface area contributed by atoms with Crippen molar-refractivity contribution < 1.29 is 45.9 Å². The molecule has 0 amide bonds. The van der Waals surface area contributed by atoms with Gasteiger partial charge in [-0.2, -0.15) is 0 Å². The smallest absolute Gasteiger partial charge is 0.352 e. The van der Waals surface area contributed by atoms with Gasteiger partial charge >= 0.3 is 29.1 Å². The number of hydrogen-bond donors (Lipinski definition) is 0. The van der Waals surface area contributed by atoms with Crippen LogP contribution in [0.4, 0.5) is 0 Å². The lowest BCUT2D eigenvalue weighted by Gasteiger charge is -2.50. The number of hydrogen-bond acceptors (Lipinski definition) is 10. The molecule has 1 spiro atoms. The Bertz CT molecular complexity index is 1360. The monoisotopic (exact) mass is 792 g/mol. The van der Waals surface area contributed by atoms with Crippen molar-refractivity contribution in [1.29, 1.82) is 0 Å². The van der Waals surface area contributed by atoms with E-state index in [-0.39, 0.29) is 22.2 Å². The summed E-state index contributed by atoms with van der Waals surface area (Å²) in [4.78, 5) is 27.0. The van der Waals surface area contributed by atoms with Crippen molar-refractivity contribution in [3.05, 3.63) is 35.9 Å². The molecule has 5 rings (SSSR count). The second kappa shape index (κ2) is 17.0. The molecule has 4 fully saturated rings. The number of carbonyl (C=O) groups excluding carboxylic acids is 2. The van der Waals surface area contributed by atoms with E-state index in [0.717, 1.165) is 50.2 Å². The lowest BCUT2D eigenvalue weighted by Crippen LogP contribution is -2.69. The van der Waals surface area contributed by atoms with Crippen molar-refractivity contribution in [2.75, 3.05) is 0 Å². The van der Waals surface area contributed by atoms with Gasteiger partial charge in [-0.1, -0.05) is 113 Å². The van der Waals surface area contributed by atoms with Crippen LogP contribution >= 0.6 is 0 Å². The van der Waals surface area contributed by atoms with Crippen molar-refractivity contribution in [2.24, 2.45) is 0 Å². The summed E-state index contributed by atoms with van der Waals surface area (Å²) in [7, 11) is -8.53. The van der Waals surface area contributed by atoms with Crippen molar-refractivity contribution in [3.8, 4) is 0 Å². The molecule has 53 heavy (non-hydrogen) atoms. The van der Waals surface area contributed by atoms with Crippen LogP contribution in [0.5, 0.6) is 0 Å². The summed E-state index contributed by atoms with van der Waals surface area (Å²) in [5.41, 5.74) is 0.964. The topological polar surface area (TPSA) is 108 Å². The first-order chi connectivity index (χ1) is 25.0. The van der Waals surface area contributed by atoms with Crippen LogP contribution in [0, 0.1) is 0 Å². The van der Waals surface area contributed by atoms with E-state index in [4.69, 9.17) is 36.3 Å². The zero-order valence-electron chi connectivity index (χ0n) is 34.5. The van der Waals surface area contributed by atoms with E-state index in [9.17, 15) is 9.59 Å². The van der Waals surface area contributed by atoms with Gasteiger partial charge in [-0.3, -0.25) is 4.79 Å². The Morgan fingerprint density at radius 1 is 0.736 bits per heavy atom. The molecule has 10 nitrogen and oxygen atoms in total. The molecule has 0 unspecified atom stereocenters. The lowest BCUT2D eigenvalue weighted by atomic mass is 9.85. The van der Waals surface area contributed by atoms with E-state index in [2.05, 4.69) is 76.2 Å². The summed E-state index contributed by atoms with van der Waals surface area (Å²) in [5.74, 6) is -2.09. The van der Waals surface area contributed by atoms with E-state index in [0.29, 0.717) is 5.56 Å². The highest BCUT2D eigenvalue weighted by atomic mass is 28.5. The predicted octanol–water partition coefficient (Wildman–Crippen LogP) is 9.38. The fourth-order valence-corrected chi connectivity index (χ4v) is 23.5. The Morgan fingerprint density at radius 3 is 1.74 bits per heavy atom. The summed E-state index contributed by atoms with van der Waals surface area (Å²) >= 11 is 0. The minimum Gasteiger partial charge on any atom is -0.454 e. The van der Waals surface area contributed by atoms with Crippen LogP contribution in [0.15, 0.2) is 30.3 Å². The third kappa shape index (κ3) is 8.21. The first-order valence-corrected chi connectivity index (χ1v) is 27.0. The van der Waals surface area contributed by atoms with E-state index >= 15 is 0 Å². The Labute approximate surface area is 322 Å². The molecular formula is C40H68O10Si3. The highest BCUT2D eigenvalue weighted by Gasteiger charge is 2.70. The molecule has 2 saturated carbocycles. The minimum atomic E-state index is -3.10. The fourth-order valence-electron chi connectivity index (χ4n) is 9.38. The minimum absolute atomic E-state index is 0.0935. The van der Waals surface area contributed by atoms with E-state index < -0.39 is 85.9 Å². The van der Waals surface area contributed by atoms with Gasteiger partial charge in [0.05, 0.1) is 0 Å². The van der Waals surface area contributed by atoms with Gasteiger partial charge in [0, 0.05) is 25.3 Å². The van der Waals surface area contributed by atoms with Crippen molar-refractivity contribution in [3.63, 3.8) is 0 Å². The summed E-state index contributed by atoms with van der Waals surface area (Å²) in [6.45, 7) is 25.7. The molecule has 0 N–H and O–H groups in total. The van der Waals surface area contributed by atoms with Crippen molar-refractivity contribution in [1.82, 2.24) is 0 Å². The zero-order chi connectivity index (χ0) is 38.9. The average Bonchev–Trinajstić information content (AvgIpc) is 3.38. The molecule has 0 radical (unpaired) electrons. The third-order valence-corrected chi connectivity index (χ3v) is 27.5. The number of carbonyl (C=O) groups is 2. The molecule has 0 bridgehead atoms. The molecule has 13 heteroatoms. The number of ether oxygens (including phenoxy) is 4. The van der Waals surface area contributed by atoms with Crippen LogP contribution in [0.2, 0.25) is 40.3 Å². The van der Waals surface area contributed by atoms with Gasteiger partial charge < -0.3 is 36.3 Å². The van der Waals surface area contributed by atoms with Gasteiger partial charge in [-0.05, 0) is 53.1 Å². The molecule has 4 aliphatic rings. The van der Waals surface area contributed by atoms with E-state index in [1.54, 1.807) is 12.1 Å². The second-order valence-electron chi connectivity index (χ2n) is 17.1. The highest BCUT2D eigenvalue weighted by Crippen LogP contribution is 2.54. The summed E-state index contributed by atoms with van der Waals surface area (Å²) in [6.07, 6.45) is -0.886. The van der Waals surface area contributed by atoms with Crippen LogP contribution in [0.25, 0.3) is 0 Å². The van der Waals surface area contributed by atoms with Gasteiger partial charge in [-0.25, -0.2) is 4.79 Å². The van der Waals surface area contributed by atoms with Crippen molar-refractivity contribution >= 4 is 37.4 Å². The molecule has 1 aromatic rings. The zero-order valence-corrected chi connectivity index (χ0v) is 37.5. The largest absolute Gasteiger partial charge is 0.454 e. The number of rotatable bonds is 13. The maximum atomic E-state index is 14.6. The summed E-state index contributed by atoms with van der Waals surface area (Å²) in [6, 6.07) is 11.7. The Balaban J connectivity index is 1.73. The normalized spacial score (nSPS) is 29.9. The van der Waals surface area contributed by atoms with Crippen LogP contribution in [-0.4, -0.2) is 79.8 Å². The van der Waals surface area contributed by atoms with Gasteiger partial charge in [0.1, 0.15) is 30.5 Å². The number of benzene rings is 1. The molecular weight excluding hydrogens is 725 g/mol. The number of esters is 2. The van der Waals surface area contributed by atoms with Crippen LogP contribution < -0.4 is 0 Å². The molecule has 300 valence electrons.